The molecule has 2 aliphatic rings. The van der Waals surface area contributed by atoms with Crippen LogP contribution in [-0.2, 0) is 0 Å². The van der Waals surface area contributed by atoms with Gasteiger partial charge in [0.15, 0.2) is 0 Å². The molecule has 27 heavy (non-hydrogen) atoms. The molecule has 1 fully saturated rings. The van der Waals surface area contributed by atoms with Crippen molar-refractivity contribution in [1.29, 1.82) is 0 Å². The van der Waals surface area contributed by atoms with Crippen molar-refractivity contribution in [1.82, 2.24) is 4.90 Å². The minimum Gasteiger partial charge on any atom is -0.398 e. The van der Waals surface area contributed by atoms with Crippen LogP contribution in [0.15, 0.2) is 77.8 Å². The molecule has 0 saturated carbocycles. The van der Waals surface area contributed by atoms with Gasteiger partial charge in [-0.25, -0.2) is 0 Å². The van der Waals surface area contributed by atoms with Gasteiger partial charge in [0.2, 0.25) is 0 Å². The van der Waals surface area contributed by atoms with Crippen molar-refractivity contribution in [2.45, 2.75) is 18.2 Å². The number of nitrogen functional groups attached to an aromatic ring is 3. The van der Waals surface area contributed by atoms with Gasteiger partial charge >= 0.3 is 0 Å². The minimum atomic E-state index is -0.129. The van der Waals surface area contributed by atoms with Crippen molar-refractivity contribution in [3.05, 3.63) is 89.5 Å². The van der Waals surface area contributed by atoms with E-state index in [9.17, 15) is 0 Å². The Morgan fingerprint density at radius 2 is 1.19 bits per heavy atom. The molecule has 0 amide bonds. The number of nitrogens with two attached hydrogens (primary N) is 3. The maximum atomic E-state index is 6.28. The van der Waals surface area contributed by atoms with Crippen molar-refractivity contribution in [3.63, 3.8) is 0 Å². The SMILES string of the molecule is Nc1ccccc1C1=NC(c2ccccc2N)N2C1C2c1ccccc1N. The number of hydrogen-bond donors (Lipinski definition) is 3. The van der Waals surface area contributed by atoms with Crippen molar-refractivity contribution in [2.75, 3.05) is 17.2 Å². The number of hydrogen-bond acceptors (Lipinski definition) is 5. The van der Waals surface area contributed by atoms with E-state index < -0.39 is 0 Å². The van der Waals surface area contributed by atoms with Gasteiger partial charge < -0.3 is 17.2 Å². The van der Waals surface area contributed by atoms with E-state index in [1.807, 2.05) is 66.7 Å². The second-order valence-electron chi connectivity index (χ2n) is 7.07. The van der Waals surface area contributed by atoms with Gasteiger partial charge in [-0.3, -0.25) is 9.89 Å². The fraction of sp³-hybridized carbons (Fsp3) is 0.136. The van der Waals surface area contributed by atoms with Crippen LogP contribution in [0.25, 0.3) is 0 Å². The lowest BCUT2D eigenvalue weighted by Crippen LogP contribution is -2.11. The molecule has 4 unspecified atom stereocenters. The Labute approximate surface area is 158 Å². The first-order valence-corrected chi connectivity index (χ1v) is 9.05. The smallest absolute Gasteiger partial charge is 0.131 e. The maximum absolute atomic E-state index is 6.28. The van der Waals surface area contributed by atoms with Crippen molar-refractivity contribution in [3.8, 4) is 0 Å². The van der Waals surface area contributed by atoms with Crippen LogP contribution in [0, 0.1) is 0 Å². The topological polar surface area (TPSA) is 93.4 Å². The summed E-state index contributed by atoms with van der Waals surface area (Å²) in [6, 6.07) is 24.2. The monoisotopic (exact) mass is 355 g/mol. The van der Waals surface area contributed by atoms with E-state index in [4.69, 9.17) is 22.2 Å². The average Bonchev–Trinajstić information content (AvgIpc) is 3.28. The van der Waals surface area contributed by atoms with Crippen LogP contribution in [0.5, 0.6) is 0 Å². The molecule has 6 N–H and O–H groups in total. The van der Waals surface area contributed by atoms with Gasteiger partial charge in [-0.2, -0.15) is 0 Å². The standard InChI is InChI=1S/C22H21N5/c23-16-10-4-1-7-13(16)19-21-20(14-8-2-5-11-17(14)24)27(21)22(26-19)15-9-3-6-12-18(15)25/h1-12,20-22H,23-25H2. The van der Waals surface area contributed by atoms with Crippen LogP contribution in [0.4, 0.5) is 17.1 Å². The third-order valence-corrected chi connectivity index (χ3v) is 5.50. The molecule has 5 heteroatoms. The molecule has 5 nitrogen and oxygen atoms in total. The molecule has 0 aliphatic carbocycles. The van der Waals surface area contributed by atoms with E-state index in [1.54, 1.807) is 0 Å². The fourth-order valence-electron chi connectivity index (χ4n) is 4.16. The van der Waals surface area contributed by atoms with Gasteiger partial charge in [0.05, 0.1) is 17.8 Å². The third-order valence-electron chi connectivity index (χ3n) is 5.50. The summed E-state index contributed by atoms with van der Waals surface area (Å²) in [5.74, 6) is 0. The Hall–Kier alpha value is -3.31. The van der Waals surface area contributed by atoms with Crippen LogP contribution >= 0.6 is 0 Å². The quantitative estimate of drug-likeness (QED) is 0.496. The van der Waals surface area contributed by atoms with Gasteiger partial charge in [0.25, 0.3) is 0 Å². The zero-order chi connectivity index (χ0) is 18.5. The summed E-state index contributed by atoms with van der Waals surface area (Å²) in [5.41, 5.74) is 25.2. The summed E-state index contributed by atoms with van der Waals surface area (Å²) < 4.78 is 0. The summed E-state index contributed by atoms with van der Waals surface area (Å²) in [5, 5.41) is 0. The van der Waals surface area contributed by atoms with Crippen LogP contribution in [-0.4, -0.2) is 16.7 Å². The molecular weight excluding hydrogens is 334 g/mol. The molecule has 0 radical (unpaired) electrons. The molecule has 4 atom stereocenters. The molecule has 0 bridgehead atoms. The molecule has 0 aromatic heterocycles. The molecular formula is C22H21N5. The van der Waals surface area contributed by atoms with Crippen molar-refractivity contribution >= 4 is 22.8 Å². The molecule has 0 spiro atoms. The highest BCUT2D eigenvalue weighted by Crippen LogP contribution is 2.57. The number of aliphatic imine (C=N–C) groups is 1. The maximum Gasteiger partial charge on any atom is 0.131 e. The summed E-state index contributed by atoms with van der Waals surface area (Å²) in [6.45, 7) is 0. The largest absolute Gasteiger partial charge is 0.398 e. The zero-order valence-corrected chi connectivity index (χ0v) is 14.8. The highest BCUT2D eigenvalue weighted by atomic mass is 15.5. The fourth-order valence-corrected chi connectivity index (χ4v) is 4.16. The van der Waals surface area contributed by atoms with E-state index in [2.05, 4.69) is 11.0 Å². The van der Waals surface area contributed by atoms with Crippen LogP contribution in [0.2, 0.25) is 0 Å². The molecule has 134 valence electrons. The van der Waals surface area contributed by atoms with Crippen molar-refractivity contribution in [2.24, 2.45) is 4.99 Å². The van der Waals surface area contributed by atoms with E-state index >= 15 is 0 Å². The molecule has 2 heterocycles. The summed E-state index contributed by atoms with van der Waals surface area (Å²) in [7, 11) is 0. The average molecular weight is 355 g/mol. The molecule has 2 aliphatic heterocycles. The Bertz CT molecular complexity index is 1060. The van der Waals surface area contributed by atoms with Crippen LogP contribution in [0.3, 0.4) is 0 Å². The van der Waals surface area contributed by atoms with E-state index in [0.717, 1.165) is 39.5 Å². The lowest BCUT2D eigenvalue weighted by molar-refractivity contribution is 0.405. The predicted octanol–water partition coefficient (Wildman–Crippen LogP) is 3.36. The number of para-hydroxylation sites is 3. The highest BCUT2D eigenvalue weighted by molar-refractivity contribution is 6.11. The number of anilines is 3. The van der Waals surface area contributed by atoms with Gasteiger partial charge in [-0.1, -0.05) is 54.6 Å². The van der Waals surface area contributed by atoms with Gasteiger partial charge in [0.1, 0.15) is 6.17 Å². The second-order valence-corrected chi connectivity index (χ2v) is 7.07. The predicted molar refractivity (Wildman–Crippen MR) is 110 cm³/mol. The number of benzene rings is 3. The van der Waals surface area contributed by atoms with Crippen LogP contribution < -0.4 is 17.2 Å². The van der Waals surface area contributed by atoms with Crippen molar-refractivity contribution < 1.29 is 0 Å². The van der Waals surface area contributed by atoms with Gasteiger partial charge in [-0.05, 0) is 23.8 Å². The minimum absolute atomic E-state index is 0.129. The Morgan fingerprint density at radius 3 is 1.81 bits per heavy atom. The van der Waals surface area contributed by atoms with E-state index in [-0.39, 0.29) is 18.2 Å². The zero-order valence-electron chi connectivity index (χ0n) is 14.8. The van der Waals surface area contributed by atoms with E-state index in [1.165, 1.54) is 0 Å². The van der Waals surface area contributed by atoms with Gasteiger partial charge in [0, 0.05) is 28.2 Å². The first-order valence-electron chi connectivity index (χ1n) is 9.05. The molecule has 1 saturated heterocycles. The number of nitrogens with zero attached hydrogens (tertiary/aromatic N) is 2. The third kappa shape index (κ3) is 2.39. The van der Waals surface area contributed by atoms with E-state index in [0.29, 0.717) is 0 Å². The molecule has 3 aromatic carbocycles. The lowest BCUT2D eigenvalue weighted by Gasteiger charge is -2.17. The molecule has 5 rings (SSSR count). The first-order chi connectivity index (χ1) is 13.2. The summed E-state index contributed by atoms with van der Waals surface area (Å²) >= 11 is 0. The Morgan fingerprint density at radius 1 is 0.630 bits per heavy atom. The lowest BCUT2D eigenvalue weighted by atomic mass is 9.99. The van der Waals surface area contributed by atoms with Gasteiger partial charge in [-0.15, -0.1) is 0 Å². The normalized spacial score (nSPS) is 25.7. The van der Waals surface area contributed by atoms with Crippen LogP contribution in [0.1, 0.15) is 28.9 Å². The summed E-state index contributed by atoms with van der Waals surface area (Å²) in [4.78, 5) is 7.39. The Kier molecular flexibility index (Phi) is 3.45. The summed E-state index contributed by atoms with van der Waals surface area (Å²) in [6.07, 6.45) is -0.129. The number of fused-ring (bicyclic) bond motifs is 1. The Balaban J connectivity index is 1.63. The highest BCUT2D eigenvalue weighted by Gasteiger charge is 2.60. The second kappa shape index (κ2) is 5.86. The first kappa shape index (κ1) is 15.9. The molecule has 3 aromatic rings. The number of rotatable bonds is 3.